The molecule has 2 aromatic heterocycles. The summed E-state index contributed by atoms with van der Waals surface area (Å²) in [5, 5.41) is 0.819. The molecule has 0 fully saturated rings. The van der Waals surface area contributed by atoms with E-state index in [-0.39, 0.29) is 11.6 Å². The first-order valence-electron chi connectivity index (χ1n) is 5.93. The van der Waals surface area contributed by atoms with Crippen molar-refractivity contribution in [1.29, 1.82) is 0 Å². The molecule has 0 amide bonds. The minimum absolute atomic E-state index is 0.182. The highest BCUT2D eigenvalue weighted by atomic mass is 16.1. The predicted octanol–water partition coefficient (Wildman–Crippen LogP) is 2.56. The van der Waals surface area contributed by atoms with Gasteiger partial charge in [-0.05, 0) is 24.6 Å². The molecule has 0 aliphatic rings. The number of benzene rings is 1. The van der Waals surface area contributed by atoms with Crippen LogP contribution in [0.4, 0.5) is 0 Å². The Labute approximate surface area is 110 Å². The number of nitrogens with zero attached hydrogens (tertiary/aromatic N) is 3. The maximum Gasteiger partial charge on any atom is 0.230 e. The molecule has 3 rings (SSSR count). The van der Waals surface area contributed by atoms with Crippen molar-refractivity contribution >= 4 is 16.7 Å². The lowest BCUT2D eigenvalue weighted by molar-refractivity contribution is 0.103. The minimum atomic E-state index is -0.182. The number of aromatic nitrogens is 3. The van der Waals surface area contributed by atoms with Crippen LogP contribution in [-0.2, 0) is 0 Å². The number of aryl methyl sites for hydroxylation is 1. The second-order valence-corrected chi connectivity index (χ2v) is 4.29. The van der Waals surface area contributed by atoms with Gasteiger partial charge in [-0.15, -0.1) is 0 Å². The van der Waals surface area contributed by atoms with E-state index in [1.807, 2.05) is 31.2 Å². The average molecular weight is 249 g/mol. The normalized spacial score (nSPS) is 10.6. The van der Waals surface area contributed by atoms with Crippen molar-refractivity contribution in [2.45, 2.75) is 6.92 Å². The van der Waals surface area contributed by atoms with E-state index in [1.165, 1.54) is 0 Å². The highest BCUT2D eigenvalue weighted by Crippen LogP contribution is 2.18. The molecule has 0 aliphatic heterocycles. The van der Waals surface area contributed by atoms with E-state index in [0.29, 0.717) is 5.56 Å². The molecule has 3 aromatic rings. The standard InChI is InChI=1S/C15H11N3O/c1-10-8-17-15(18-9-10)14(19)12-4-2-6-13-11(12)5-3-7-16-13/h2-9H,1H3. The van der Waals surface area contributed by atoms with Crippen LogP contribution in [0.3, 0.4) is 0 Å². The summed E-state index contributed by atoms with van der Waals surface area (Å²) in [4.78, 5) is 24.8. The molecule has 0 spiro atoms. The first-order valence-corrected chi connectivity index (χ1v) is 5.93. The SMILES string of the molecule is Cc1cnc(C(=O)c2cccc3ncccc23)nc1. The van der Waals surface area contributed by atoms with E-state index in [0.717, 1.165) is 16.5 Å². The highest BCUT2D eigenvalue weighted by molar-refractivity contribution is 6.14. The van der Waals surface area contributed by atoms with Crippen molar-refractivity contribution in [1.82, 2.24) is 15.0 Å². The molecule has 1 aromatic carbocycles. The van der Waals surface area contributed by atoms with Crippen molar-refractivity contribution < 1.29 is 4.79 Å². The minimum Gasteiger partial charge on any atom is -0.285 e. The number of hydrogen-bond acceptors (Lipinski definition) is 4. The number of ketones is 1. The fourth-order valence-corrected chi connectivity index (χ4v) is 1.93. The summed E-state index contributed by atoms with van der Waals surface area (Å²) < 4.78 is 0. The van der Waals surface area contributed by atoms with Crippen molar-refractivity contribution in [2.24, 2.45) is 0 Å². The topological polar surface area (TPSA) is 55.7 Å². The van der Waals surface area contributed by atoms with Crippen LogP contribution in [0.15, 0.2) is 48.9 Å². The van der Waals surface area contributed by atoms with Gasteiger partial charge in [0.15, 0.2) is 0 Å². The second-order valence-electron chi connectivity index (χ2n) is 4.29. The number of hydrogen-bond donors (Lipinski definition) is 0. The van der Waals surface area contributed by atoms with E-state index in [1.54, 1.807) is 24.7 Å². The Kier molecular flexibility index (Phi) is 2.76. The molecule has 19 heavy (non-hydrogen) atoms. The lowest BCUT2D eigenvalue weighted by atomic mass is 10.0. The van der Waals surface area contributed by atoms with Crippen molar-refractivity contribution in [3.05, 3.63) is 65.9 Å². The monoisotopic (exact) mass is 249 g/mol. The molecule has 0 radical (unpaired) electrons. The Hall–Kier alpha value is -2.62. The third-order valence-corrected chi connectivity index (χ3v) is 2.87. The van der Waals surface area contributed by atoms with E-state index >= 15 is 0 Å². The van der Waals surface area contributed by atoms with Crippen LogP contribution in [0.5, 0.6) is 0 Å². The van der Waals surface area contributed by atoms with Crippen LogP contribution in [-0.4, -0.2) is 20.7 Å². The number of pyridine rings is 1. The Morgan fingerprint density at radius 3 is 2.58 bits per heavy atom. The van der Waals surface area contributed by atoms with E-state index in [2.05, 4.69) is 15.0 Å². The summed E-state index contributed by atoms with van der Waals surface area (Å²) in [7, 11) is 0. The molecular formula is C15H11N3O. The van der Waals surface area contributed by atoms with Gasteiger partial charge in [-0.2, -0.15) is 0 Å². The summed E-state index contributed by atoms with van der Waals surface area (Å²) in [6, 6.07) is 9.16. The largest absolute Gasteiger partial charge is 0.285 e. The van der Waals surface area contributed by atoms with E-state index < -0.39 is 0 Å². The van der Waals surface area contributed by atoms with Gasteiger partial charge in [0.2, 0.25) is 11.6 Å². The molecule has 92 valence electrons. The molecule has 0 saturated heterocycles. The molecule has 0 atom stereocenters. The maximum absolute atomic E-state index is 12.4. The summed E-state index contributed by atoms with van der Waals surface area (Å²) >= 11 is 0. The van der Waals surface area contributed by atoms with Gasteiger partial charge in [0.25, 0.3) is 0 Å². The highest BCUT2D eigenvalue weighted by Gasteiger charge is 2.14. The maximum atomic E-state index is 12.4. The first-order chi connectivity index (χ1) is 9.25. The van der Waals surface area contributed by atoms with Crippen molar-refractivity contribution in [3.8, 4) is 0 Å². The molecule has 0 N–H and O–H groups in total. The molecule has 2 heterocycles. The van der Waals surface area contributed by atoms with Crippen LogP contribution in [0, 0.1) is 6.92 Å². The average Bonchev–Trinajstić information content (AvgIpc) is 2.47. The Morgan fingerprint density at radius 1 is 1.00 bits per heavy atom. The number of rotatable bonds is 2. The van der Waals surface area contributed by atoms with Gasteiger partial charge in [-0.1, -0.05) is 18.2 Å². The molecule has 0 bridgehead atoms. The zero-order valence-corrected chi connectivity index (χ0v) is 10.4. The lowest BCUT2D eigenvalue weighted by Crippen LogP contribution is -2.07. The Bertz CT molecular complexity index is 745. The first kappa shape index (κ1) is 11.5. The number of carbonyl (C=O) groups is 1. The van der Waals surface area contributed by atoms with Gasteiger partial charge in [-0.25, -0.2) is 9.97 Å². The lowest BCUT2D eigenvalue weighted by Gasteiger charge is -2.04. The molecular weight excluding hydrogens is 238 g/mol. The smallest absolute Gasteiger partial charge is 0.230 e. The zero-order chi connectivity index (χ0) is 13.2. The van der Waals surface area contributed by atoms with Gasteiger partial charge in [0.05, 0.1) is 5.52 Å². The molecule has 4 heteroatoms. The van der Waals surface area contributed by atoms with E-state index in [4.69, 9.17) is 0 Å². The zero-order valence-electron chi connectivity index (χ0n) is 10.4. The van der Waals surface area contributed by atoms with Gasteiger partial charge in [0, 0.05) is 29.5 Å². The fraction of sp³-hybridized carbons (Fsp3) is 0.0667. The van der Waals surface area contributed by atoms with Gasteiger partial charge >= 0.3 is 0 Å². The summed E-state index contributed by atoms with van der Waals surface area (Å²) in [6.45, 7) is 1.89. The van der Waals surface area contributed by atoms with Crippen LogP contribution < -0.4 is 0 Å². The van der Waals surface area contributed by atoms with Gasteiger partial charge in [0.1, 0.15) is 0 Å². The van der Waals surface area contributed by atoms with E-state index in [9.17, 15) is 4.79 Å². The third kappa shape index (κ3) is 2.08. The molecule has 0 aliphatic carbocycles. The second kappa shape index (κ2) is 4.57. The number of fused-ring (bicyclic) bond motifs is 1. The quantitative estimate of drug-likeness (QED) is 0.655. The van der Waals surface area contributed by atoms with Crippen LogP contribution in [0.25, 0.3) is 10.9 Å². The summed E-state index contributed by atoms with van der Waals surface area (Å²) in [5.41, 5.74) is 2.30. The van der Waals surface area contributed by atoms with Crippen molar-refractivity contribution in [3.63, 3.8) is 0 Å². The van der Waals surface area contributed by atoms with Crippen LogP contribution in [0.2, 0.25) is 0 Å². The Morgan fingerprint density at radius 2 is 1.79 bits per heavy atom. The van der Waals surface area contributed by atoms with Crippen LogP contribution >= 0.6 is 0 Å². The Balaban J connectivity index is 2.14. The van der Waals surface area contributed by atoms with Crippen LogP contribution in [0.1, 0.15) is 21.7 Å². The molecule has 0 saturated carbocycles. The van der Waals surface area contributed by atoms with Gasteiger partial charge in [-0.3, -0.25) is 9.78 Å². The predicted molar refractivity (Wildman–Crippen MR) is 71.9 cm³/mol. The van der Waals surface area contributed by atoms with Crippen molar-refractivity contribution in [2.75, 3.05) is 0 Å². The molecule has 0 unspecified atom stereocenters. The fourth-order valence-electron chi connectivity index (χ4n) is 1.93. The summed E-state index contributed by atoms with van der Waals surface area (Å²) in [5.74, 6) is 0.0283. The summed E-state index contributed by atoms with van der Waals surface area (Å²) in [6.07, 6.45) is 4.99. The third-order valence-electron chi connectivity index (χ3n) is 2.87. The number of carbonyl (C=O) groups excluding carboxylic acids is 1. The molecule has 4 nitrogen and oxygen atoms in total. The van der Waals surface area contributed by atoms with Gasteiger partial charge < -0.3 is 0 Å².